The second-order valence-electron chi connectivity index (χ2n) is 5.08. The van der Waals surface area contributed by atoms with E-state index in [0.29, 0.717) is 0 Å². The van der Waals surface area contributed by atoms with Gasteiger partial charge in [-0.3, -0.25) is 4.79 Å². The molecule has 0 bridgehead atoms. The number of aryl methyl sites for hydroxylation is 2. The third-order valence-corrected chi connectivity index (χ3v) is 3.35. The van der Waals surface area contributed by atoms with Crippen LogP contribution in [0.1, 0.15) is 25.0 Å². The number of anilines is 1. The number of nitrogens with one attached hydrogen (secondary N) is 1. The molecular weight excluding hydrogens is 262 g/mol. The van der Waals surface area contributed by atoms with Crippen LogP contribution >= 0.6 is 0 Å². The van der Waals surface area contributed by atoms with Gasteiger partial charge in [-0.25, -0.2) is 0 Å². The lowest BCUT2D eigenvalue weighted by molar-refractivity contribution is -0.122. The molecule has 0 aliphatic carbocycles. The number of hydrogen-bond acceptors (Lipinski definition) is 2. The van der Waals surface area contributed by atoms with Crippen molar-refractivity contribution in [1.29, 1.82) is 0 Å². The largest absolute Gasteiger partial charge is 0.481 e. The van der Waals surface area contributed by atoms with Gasteiger partial charge in [0.1, 0.15) is 5.75 Å². The fraction of sp³-hybridized carbons (Fsp3) is 0.278. The van der Waals surface area contributed by atoms with Crippen LogP contribution in [0.4, 0.5) is 5.69 Å². The minimum Gasteiger partial charge on any atom is -0.481 e. The highest BCUT2D eigenvalue weighted by Gasteiger charge is 2.16. The Morgan fingerprint density at radius 3 is 2.48 bits per heavy atom. The molecule has 2 rings (SSSR count). The summed E-state index contributed by atoms with van der Waals surface area (Å²) < 4.78 is 5.78. The molecule has 2 aromatic rings. The van der Waals surface area contributed by atoms with Crippen LogP contribution in [0.25, 0.3) is 0 Å². The summed E-state index contributed by atoms with van der Waals surface area (Å²) in [6, 6.07) is 15.5. The minimum absolute atomic E-state index is 0.148. The van der Waals surface area contributed by atoms with Crippen LogP contribution in [0.15, 0.2) is 48.5 Å². The molecule has 3 nitrogen and oxygen atoms in total. The van der Waals surface area contributed by atoms with Crippen LogP contribution < -0.4 is 10.1 Å². The Morgan fingerprint density at radius 1 is 1.14 bits per heavy atom. The number of ether oxygens (including phenoxy) is 1. The summed E-state index contributed by atoms with van der Waals surface area (Å²) >= 11 is 0. The Bertz CT molecular complexity index is 605. The van der Waals surface area contributed by atoms with E-state index < -0.39 is 6.10 Å². The molecule has 0 fully saturated rings. The summed E-state index contributed by atoms with van der Waals surface area (Å²) in [4.78, 5) is 12.2. The quantitative estimate of drug-likeness (QED) is 0.902. The zero-order valence-electron chi connectivity index (χ0n) is 12.7. The van der Waals surface area contributed by atoms with Crippen molar-refractivity contribution in [3.8, 4) is 5.75 Å². The van der Waals surface area contributed by atoms with E-state index in [1.165, 1.54) is 0 Å². The summed E-state index contributed by atoms with van der Waals surface area (Å²) in [5.41, 5.74) is 3.05. The number of carbonyl (C=O) groups excluding carboxylic acids is 1. The highest BCUT2D eigenvalue weighted by molar-refractivity contribution is 5.94. The van der Waals surface area contributed by atoms with Crippen molar-refractivity contribution in [3.63, 3.8) is 0 Å². The fourth-order valence-electron chi connectivity index (χ4n) is 2.04. The van der Waals surface area contributed by atoms with E-state index >= 15 is 0 Å². The molecule has 0 aromatic heterocycles. The predicted octanol–water partition coefficient (Wildman–Crippen LogP) is 3.96. The first-order valence-corrected chi connectivity index (χ1v) is 7.22. The van der Waals surface area contributed by atoms with Crippen molar-refractivity contribution < 1.29 is 9.53 Å². The number of carbonyl (C=O) groups is 1. The molecule has 21 heavy (non-hydrogen) atoms. The molecule has 3 heteroatoms. The lowest BCUT2D eigenvalue weighted by atomic mass is 10.1. The molecule has 0 heterocycles. The summed E-state index contributed by atoms with van der Waals surface area (Å²) in [5.74, 6) is 0.622. The minimum atomic E-state index is -0.543. The molecule has 1 N–H and O–H groups in total. The Morgan fingerprint density at radius 2 is 1.81 bits per heavy atom. The van der Waals surface area contributed by atoms with E-state index in [2.05, 4.69) is 12.2 Å². The van der Waals surface area contributed by atoms with Gasteiger partial charge in [-0.1, -0.05) is 42.8 Å². The van der Waals surface area contributed by atoms with E-state index in [9.17, 15) is 4.79 Å². The summed E-state index contributed by atoms with van der Waals surface area (Å²) in [6.07, 6.45) is 0.335. The molecule has 0 saturated heterocycles. The summed E-state index contributed by atoms with van der Waals surface area (Å²) in [6.45, 7) is 5.84. The molecule has 1 atom stereocenters. The first-order valence-electron chi connectivity index (χ1n) is 7.22. The van der Waals surface area contributed by atoms with Gasteiger partial charge in [-0.05, 0) is 44.0 Å². The van der Waals surface area contributed by atoms with Crippen molar-refractivity contribution in [2.24, 2.45) is 0 Å². The van der Waals surface area contributed by atoms with E-state index in [0.717, 1.165) is 29.0 Å². The first kappa shape index (κ1) is 15.1. The van der Waals surface area contributed by atoms with Crippen LogP contribution in [0.5, 0.6) is 5.75 Å². The van der Waals surface area contributed by atoms with Crippen LogP contribution in [-0.2, 0) is 11.2 Å². The van der Waals surface area contributed by atoms with Crippen LogP contribution in [-0.4, -0.2) is 12.0 Å². The molecule has 110 valence electrons. The maximum Gasteiger partial charge on any atom is 0.265 e. The molecule has 2 aromatic carbocycles. The molecule has 0 radical (unpaired) electrons. The van der Waals surface area contributed by atoms with Gasteiger partial charge in [0.2, 0.25) is 0 Å². The highest BCUT2D eigenvalue weighted by Crippen LogP contribution is 2.20. The van der Waals surface area contributed by atoms with Gasteiger partial charge in [0.05, 0.1) is 0 Å². The van der Waals surface area contributed by atoms with Gasteiger partial charge >= 0.3 is 0 Å². The summed E-state index contributed by atoms with van der Waals surface area (Å²) in [5, 5.41) is 2.86. The number of rotatable bonds is 5. The third-order valence-electron chi connectivity index (χ3n) is 3.35. The average Bonchev–Trinajstić information content (AvgIpc) is 2.50. The molecule has 0 saturated carbocycles. The summed E-state index contributed by atoms with van der Waals surface area (Å²) in [7, 11) is 0. The first-order chi connectivity index (χ1) is 10.1. The van der Waals surface area contributed by atoms with Gasteiger partial charge in [0, 0.05) is 5.69 Å². The van der Waals surface area contributed by atoms with Gasteiger partial charge < -0.3 is 10.1 Å². The zero-order chi connectivity index (χ0) is 15.2. The van der Waals surface area contributed by atoms with E-state index in [1.807, 2.05) is 55.5 Å². The topological polar surface area (TPSA) is 38.3 Å². The van der Waals surface area contributed by atoms with Gasteiger partial charge in [-0.15, -0.1) is 0 Å². The molecule has 0 aliphatic rings. The van der Waals surface area contributed by atoms with Crippen LogP contribution in [0.2, 0.25) is 0 Å². The Labute approximate surface area is 126 Å². The Kier molecular flexibility index (Phi) is 4.99. The van der Waals surface area contributed by atoms with Crippen molar-refractivity contribution in [2.75, 3.05) is 5.32 Å². The van der Waals surface area contributed by atoms with E-state index in [1.54, 1.807) is 6.92 Å². The highest BCUT2D eigenvalue weighted by atomic mass is 16.5. The smallest absolute Gasteiger partial charge is 0.265 e. The van der Waals surface area contributed by atoms with E-state index in [-0.39, 0.29) is 5.91 Å². The SMILES string of the molecule is CCc1ccccc1O[C@H](C)C(=O)Nc1ccc(C)cc1. The monoisotopic (exact) mass is 283 g/mol. The van der Waals surface area contributed by atoms with Crippen LogP contribution in [0, 0.1) is 6.92 Å². The van der Waals surface area contributed by atoms with Crippen molar-refractivity contribution in [3.05, 3.63) is 59.7 Å². The molecule has 0 spiro atoms. The third kappa shape index (κ3) is 4.09. The molecular formula is C18H21NO2. The maximum atomic E-state index is 12.2. The lowest BCUT2D eigenvalue weighted by Crippen LogP contribution is -2.30. The molecule has 0 unspecified atom stereocenters. The van der Waals surface area contributed by atoms with Gasteiger partial charge in [0.25, 0.3) is 5.91 Å². The standard InChI is InChI=1S/C18H21NO2/c1-4-15-7-5-6-8-17(15)21-14(3)18(20)19-16-11-9-13(2)10-12-16/h5-12,14H,4H2,1-3H3,(H,19,20)/t14-/m1/s1. The number of benzene rings is 2. The number of amides is 1. The van der Waals surface area contributed by atoms with Crippen molar-refractivity contribution in [2.45, 2.75) is 33.3 Å². The maximum absolute atomic E-state index is 12.2. The fourth-order valence-corrected chi connectivity index (χ4v) is 2.04. The zero-order valence-corrected chi connectivity index (χ0v) is 12.7. The van der Waals surface area contributed by atoms with Crippen molar-refractivity contribution >= 4 is 11.6 Å². The van der Waals surface area contributed by atoms with Crippen LogP contribution in [0.3, 0.4) is 0 Å². The van der Waals surface area contributed by atoms with Gasteiger partial charge in [0.15, 0.2) is 6.10 Å². The molecule has 0 aliphatic heterocycles. The Hall–Kier alpha value is -2.29. The average molecular weight is 283 g/mol. The van der Waals surface area contributed by atoms with E-state index in [4.69, 9.17) is 4.74 Å². The Balaban J connectivity index is 2.01. The normalized spacial score (nSPS) is 11.8. The molecule has 1 amide bonds. The second kappa shape index (κ2) is 6.93. The number of hydrogen-bond donors (Lipinski definition) is 1. The predicted molar refractivity (Wildman–Crippen MR) is 85.7 cm³/mol. The van der Waals surface area contributed by atoms with Crippen molar-refractivity contribution in [1.82, 2.24) is 0 Å². The second-order valence-corrected chi connectivity index (χ2v) is 5.08. The number of para-hydroxylation sites is 1. The lowest BCUT2D eigenvalue weighted by Gasteiger charge is -2.17. The van der Waals surface area contributed by atoms with Gasteiger partial charge in [-0.2, -0.15) is 0 Å².